The average molecular weight is 365 g/mol. The number of benzene rings is 1. The second-order valence-electron chi connectivity index (χ2n) is 6.83. The number of pyridine rings is 1. The van der Waals surface area contributed by atoms with Crippen molar-refractivity contribution in [2.24, 2.45) is 0 Å². The van der Waals surface area contributed by atoms with Gasteiger partial charge in [-0.05, 0) is 36.6 Å². The average Bonchev–Trinajstić information content (AvgIpc) is 3.15. The molecule has 1 fully saturated rings. The molecule has 1 amide bonds. The summed E-state index contributed by atoms with van der Waals surface area (Å²) in [5.41, 5.74) is 2.87. The summed E-state index contributed by atoms with van der Waals surface area (Å²) >= 11 is 0. The van der Waals surface area contributed by atoms with Crippen molar-refractivity contribution < 1.29 is 9.53 Å². The molecule has 27 heavy (non-hydrogen) atoms. The first-order valence-corrected chi connectivity index (χ1v) is 9.36. The number of carbonyl (C=O) groups is 1. The third kappa shape index (κ3) is 4.31. The van der Waals surface area contributed by atoms with Gasteiger partial charge in [0, 0.05) is 31.9 Å². The van der Waals surface area contributed by atoms with Gasteiger partial charge in [-0.1, -0.05) is 23.4 Å². The van der Waals surface area contributed by atoms with Crippen LogP contribution in [0.2, 0.25) is 0 Å². The normalized spacial score (nSPS) is 17.3. The first kappa shape index (κ1) is 17.6. The molecule has 0 bridgehead atoms. The molecule has 7 heteroatoms. The van der Waals surface area contributed by atoms with Crippen LogP contribution in [0.3, 0.4) is 0 Å². The largest absolute Gasteiger partial charge is 0.372 e. The minimum atomic E-state index is 0.0788. The molecule has 0 saturated carbocycles. The van der Waals surface area contributed by atoms with E-state index >= 15 is 0 Å². The Bertz CT molecular complexity index is 896. The van der Waals surface area contributed by atoms with Gasteiger partial charge in [-0.2, -0.15) is 0 Å². The molecular weight excluding hydrogens is 342 g/mol. The van der Waals surface area contributed by atoms with Gasteiger partial charge in [-0.15, -0.1) is 5.10 Å². The lowest BCUT2D eigenvalue weighted by Gasteiger charge is -2.32. The molecule has 7 nitrogen and oxygen atoms in total. The molecule has 0 spiro atoms. The number of ether oxygens (including phenoxy) is 1. The molecule has 0 aliphatic carbocycles. The molecule has 0 unspecified atom stereocenters. The number of carbonyl (C=O) groups excluding carboxylic acids is 1. The highest BCUT2D eigenvalue weighted by Gasteiger charge is 2.24. The van der Waals surface area contributed by atoms with Crippen LogP contribution >= 0.6 is 0 Å². The third-order valence-corrected chi connectivity index (χ3v) is 4.90. The Kier molecular flexibility index (Phi) is 5.39. The Labute approximate surface area is 157 Å². The Balaban J connectivity index is 1.29. The number of nitrogens with zero attached hydrogens (tertiary/aromatic N) is 5. The zero-order chi connectivity index (χ0) is 18.5. The molecule has 1 aliphatic rings. The van der Waals surface area contributed by atoms with Gasteiger partial charge >= 0.3 is 0 Å². The van der Waals surface area contributed by atoms with Crippen molar-refractivity contribution in [3.8, 4) is 0 Å². The van der Waals surface area contributed by atoms with E-state index in [1.165, 1.54) is 0 Å². The molecule has 4 rings (SSSR count). The molecule has 1 saturated heterocycles. The van der Waals surface area contributed by atoms with Gasteiger partial charge in [0.05, 0.1) is 24.8 Å². The predicted octanol–water partition coefficient (Wildman–Crippen LogP) is 2.42. The van der Waals surface area contributed by atoms with Crippen molar-refractivity contribution in [1.82, 2.24) is 24.9 Å². The molecule has 0 N–H and O–H groups in total. The van der Waals surface area contributed by atoms with Gasteiger partial charge in [0.1, 0.15) is 5.52 Å². The first-order valence-electron chi connectivity index (χ1n) is 9.36. The van der Waals surface area contributed by atoms with Crippen LogP contribution in [0, 0.1) is 0 Å². The number of aryl methyl sites for hydroxylation is 1. The summed E-state index contributed by atoms with van der Waals surface area (Å²) in [5.74, 6) is 0.143. The number of hydrogen-bond donors (Lipinski definition) is 0. The molecule has 1 atom stereocenters. The molecule has 1 aliphatic heterocycles. The van der Waals surface area contributed by atoms with E-state index in [1.54, 1.807) is 10.9 Å². The van der Waals surface area contributed by atoms with Crippen LogP contribution in [0.15, 0.2) is 48.8 Å². The summed E-state index contributed by atoms with van der Waals surface area (Å²) in [6.45, 7) is 2.52. The summed E-state index contributed by atoms with van der Waals surface area (Å²) in [6.07, 6.45) is 6.02. The SMILES string of the molecule is O=C(CCn1nnc2ccccc21)N1CCC[C@H](OCc2cccnc2)C1. The monoisotopic (exact) mass is 365 g/mol. The van der Waals surface area contributed by atoms with Gasteiger partial charge < -0.3 is 9.64 Å². The molecule has 3 heterocycles. The van der Waals surface area contributed by atoms with Crippen LogP contribution in [0.1, 0.15) is 24.8 Å². The number of aromatic nitrogens is 4. The summed E-state index contributed by atoms with van der Waals surface area (Å²) < 4.78 is 7.80. The number of para-hydroxylation sites is 1. The Hall–Kier alpha value is -2.80. The van der Waals surface area contributed by atoms with Crippen molar-refractivity contribution in [3.63, 3.8) is 0 Å². The highest BCUT2D eigenvalue weighted by atomic mass is 16.5. The molecule has 140 valence electrons. The van der Waals surface area contributed by atoms with Gasteiger partial charge in [0.2, 0.25) is 5.91 Å². The fourth-order valence-electron chi connectivity index (χ4n) is 3.44. The lowest BCUT2D eigenvalue weighted by Crippen LogP contribution is -2.43. The van der Waals surface area contributed by atoms with Crippen molar-refractivity contribution in [3.05, 3.63) is 54.4 Å². The minimum Gasteiger partial charge on any atom is -0.372 e. The number of fused-ring (bicyclic) bond motifs is 1. The van der Waals surface area contributed by atoms with Crippen LogP contribution in [0.25, 0.3) is 11.0 Å². The third-order valence-electron chi connectivity index (χ3n) is 4.90. The van der Waals surface area contributed by atoms with E-state index < -0.39 is 0 Å². The van der Waals surface area contributed by atoms with Crippen LogP contribution in [0.4, 0.5) is 0 Å². The number of amides is 1. The van der Waals surface area contributed by atoms with Crippen molar-refractivity contribution in [2.45, 2.75) is 38.5 Å². The molecule has 1 aromatic carbocycles. The Morgan fingerprint density at radius 1 is 1.22 bits per heavy atom. The second kappa shape index (κ2) is 8.26. The Morgan fingerprint density at radius 2 is 2.15 bits per heavy atom. The lowest BCUT2D eigenvalue weighted by molar-refractivity contribution is -0.135. The fourth-order valence-corrected chi connectivity index (χ4v) is 3.44. The highest BCUT2D eigenvalue weighted by molar-refractivity contribution is 5.77. The fraction of sp³-hybridized carbons (Fsp3) is 0.400. The number of likely N-dealkylation sites (tertiary alicyclic amines) is 1. The van der Waals surface area contributed by atoms with Crippen molar-refractivity contribution in [1.29, 1.82) is 0 Å². The van der Waals surface area contributed by atoms with E-state index in [0.29, 0.717) is 26.1 Å². The van der Waals surface area contributed by atoms with E-state index in [1.807, 2.05) is 47.5 Å². The number of rotatable bonds is 6. The standard InChI is InChI=1S/C20H23N5O2/c26-20(9-12-25-19-8-2-1-7-18(19)22-23-25)24-11-4-6-17(14-24)27-15-16-5-3-10-21-13-16/h1-3,5,7-8,10,13,17H,4,6,9,11-12,14-15H2/t17-/m0/s1. The van der Waals surface area contributed by atoms with E-state index in [0.717, 1.165) is 36.0 Å². The smallest absolute Gasteiger partial charge is 0.224 e. The minimum absolute atomic E-state index is 0.0788. The van der Waals surface area contributed by atoms with Crippen LogP contribution in [-0.4, -0.2) is 50.0 Å². The summed E-state index contributed by atoms with van der Waals surface area (Å²) in [4.78, 5) is 18.7. The number of piperidine rings is 1. The lowest BCUT2D eigenvalue weighted by atomic mass is 10.1. The maximum atomic E-state index is 12.6. The van der Waals surface area contributed by atoms with Crippen LogP contribution in [0.5, 0.6) is 0 Å². The van der Waals surface area contributed by atoms with Crippen molar-refractivity contribution in [2.75, 3.05) is 13.1 Å². The van der Waals surface area contributed by atoms with Crippen LogP contribution in [-0.2, 0) is 22.7 Å². The summed E-state index contributed by atoms with van der Waals surface area (Å²) in [5, 5.41) is 8.29. The van der Waals surface area contributed by atoms with Gasteiger partial charge in [-0.3, -0.25) is 9.78 Å². The van der Waals surface area contributed by atoms with Gasteiger partial charge in [0.15, 0.2) is 0 Å². The molecule has 3 aromatic rings. The van der Waals surface area contributed by atoms with Crippen molar-refractivity contribution >= 4 is 16.9 Å². The summed E-state index contributed by atoms with van der Waals surface area (Å²) in [7, 11) is 0. The van der Waals surface area contributed by atoms with Gasteiger partial charge in [-0.25, -0.2) is 4.68 Å². The maximum Gasteiger partial charge on any atom is 0.224 e. The zero-order valence-electron chi connectivity index (χ0n) is 15.2. The quantitative estimate of drug-likeness (QED) is 0.671. The van der Waals surface area contributed by atoms with E-state index in [4.69, 9.17) is 4.74 Å². The topological polar surface area (TPSA) is 73.1 Å². The predicted molar refractivity (Wildman–Crippen MR) is 101 cm³/mol. The van der Waals surface area contributed by atoms with Gasteiger partial charge in [0.25, 0.3) is 0 Å². The Morgan fingerprint density at radius 3 is 3.04 bits per heavy atom. The molecule has 2 aromatic heterocycles. The second-order valence-corrected chi connectivity index (χ2v) is 6.83. The molecule has 0 radical (unpaired) electrons. The number of hydrogen-bond acceptors (Lipinski definition) is 5. The zero-order valence-corrected chi connectivity index (χ0v) is 15.2. The highest BCUT2D eigenvalue weighted by Crippen LogP contribution is 2.17. The van der Waals surface area contributed by atoms with Crippen LogP contribution < -0.4 is 0 Å². The van der Waals surface area contributed by atoms with E-state index in [-0.39, 0.29) is 12.0 Å². The summed E-state index contributed by atoms with van der Waals surface area (Å²) in [6, 6.07) is 11.7. The van der Waals surface area contributed by atoms with E-state index in [9.17, 15) is 4.79 Å². The molecular formula is C20H23N5O2. The van der Waals surface area contributed by atoms with E-state index in [2.05, 4.69) is 15.3 Å². The first-order chi connectivity index (χ1) is 13.3. The maximum absolute atomic E-state index is 12.6.